The van der Waals surface area contributed by atoms with Gasteiger partial charge in [-0.3, -0.25) is 4.21 Å². The van der Waals surface area contributed by atoms with Crippen molar-refractivity contribution < 1.29 is 8.95 Å². The van der Waals surface area contributed by atoms with Crippen molar-refractivity contribution in [3.8, 4) is 5.75 Å². The number of thiazole rings is 1. The number of rotatable bonds is 4. The molecule has 1 atom stereocenters. The average Bonchev–Trinajstić information content (AvgIpc) is 2.68. The van der Waals surface area contributed by atoms with Crippen molar-refractivity contribution in [2.45, 2.75) is 24.5 Å². The molecule has 4 nitrogen and oxygen atoms in total. The lowest BCUT2D eigenvalue weighted by Gasteiger charge is -2.07. The van der Waals surface area contributed by atoms with Crippen LogP contribution in [0.3, 0.4) is 0 Å². The minimum Gasteiger partial charge on any atom is -0.497 e. The maximum Gasteiger partial charge on any atom is 0.120 e. The monoisotopic (exact) mass is 296 g/mol. The van der Waals surface area contributed by atoms with Crippen molar-refractivity contribution in [3.05, 3.63) is 33.8 Å². The van der Waals surface area contributed by atoms with Gasteiger partial charge in [0.2, 0.25) is 0 Å². The van der Waals surface area contributed by atoms with Crippen LogP contribution in [0.4, 0.5) is 5.69 Å². The van der Waals surface area contributed by atoms with Gasteiger partial charge in [-0.25, -0.2) is 4.98 Å². The summed E-state index contributed by atoms with van der Waals surface area (Å²) in [6.45, 7) is 3.97. The fraction of sp³-hybridized carbons (Fsp3) is 0.308. The summed E-state index contributed by atoms with van der Waals surface area (Å²) in [6, 6.07) is 5.19. The summed E-state index contributed by atoms with van der Waals surface area (Å²) in [5.74, 6) is 1.04. The van der Waals surface area contributed by atoms with E-state index in [1.807, 2.05) is 13.8 Å². The van der Waals surface area contributed by atoms with Gasteiger partial charge in [-0.1, -0.05) is 0 Å². The molecule has 0 aliphatic heterocycles. The zero-order chi connectivity index (χ0) is 14.0. The van der Waals surface area contributed by atoms with Crippen molar-refractivity contribution in [1.82, 2.24) is 4.98 Å². The molecule has 2 N–H and O–H groups in total. The van der Waals surface area contributed by atoms with Crippen LogP contribution in [0.5, 0.6) is 5.75 Å². The van der Waals surface area contributed by atoms with Crippen LogP contribution in [-0.2, 0) is 16.6 Å². The molecular formula is C13H16N2O2S2. The first-order valence-electron chi connectivity index (χ1n) is 5.76. The van der Waals surface area contributed by atoms with Crippen LogP contribution in [0.2, 0.25) is 0 Å². The molecule has 2 aromatic rings. The minimum atomic E-state index is -1.21. The van der Waals surface area contributed by atoms with Crippen LogP contribution in [-0.4, -0.2) is 16.3 Å². The molecular weight excluding hydrogens is 280 g/mol. The number of nitrogen functional groups attached to an aromatic ring is 1. The number of methoxy groups -OCH3 is 1. The van der Waals surface area contributed by atoms with Crippen molar-refractivity contribution in [1.29, 1.82) is 0 Å². The molecule has 0 bridgehead atoms. The molecule has 1 heterocycles. The molecule has 1 unspecified atom stereocenters. The zero-order valence-electron chi connectivity index (χ0n) is 11.1. The quantitative estimate of drug-likeness (QED) is 0.881. The normalized spacial score (nSPS) is 12.4. The number of nitrogens with zero attached hydrogens (tertiary/aromatic N) is 1. The minimum absolute atomic E-state index is 0.386. The Hall–Kier alpha value is -1.40. The summed E-state index contributed by atoms with van der Waals surface area (Å²) in [6.07, 6.45) is 0. The second-order valence-electron chi connectivity index (χ2n) is 4.14. The molecule has 0 aliphatic rings. The Balaban J connectivity index is 2.24. The highest BCUT2D eigenvalue weighted by Gasteiger charge is 2.13. The van der Waals surface area contributed by atoms with Gasteiger partial charge in [0.25, 0.3) is 0 Å². The van der Waals surface area contributed by atoms with Crippen LogP contribution >= 0.6 is 11.3 Å². The van der Waals surface area contributed by atoms with E-state index in [1.165, 1.54) is 0 Å². The highest BCUT2D eigenvalue weighted by atomic mass is 32.2. The molecule has 0 saturated heterocycles. The van der Waals surface area contributed by atoms with Gasteiger partial charge in [0.05, 0.1) is 34.3 Å². The molecule has 102 valence electrons. The second-order valence-corrected chi connectivity index (χ2v) is 6.85. The lowest BCUT2D eigenvalue weighted by Crippen LogP contribution is -2.01. The Morgan fingerprint density at radius 2 is 2.16 bits per heavy atom. The second kappa shape index (κ2) is 5.71. The number of nitrogens with two attached hydrogens (primary N) is 1. The molecule has 1 aromatic carbocycles. The van der Waals surface area contributed by atoms with Gasteiger partial charge in [0.15, 0.2) is 0 Å². The smallest absolute Gasteiger partial charge is 0.120 e. The topological polar surface area (TPSA) is 65.2 Å². The molecule has 0 amide bonds. The van der Waals surface area contributed by atoms with Gasteiger partial charge in [0, 0.05) is 10.6 Å². The Bertz CT molecular complexity index is 604. The van der Waals surface area contributed by atoms with E-state index in [9.17, 15) is 4.21 Å². The summed E-state index contributed by atoms with van der Waals surface area (Å²) in [4.78, 5) is 6.16. The van der Waals surface area contributed by atoms with Crippen LogP contribution in [0.25, 0.3) is 0 Å². The van der Waals surface area contributed by atoms with Gasteiger partial charge in [0.1, 0.15) is 10.8 Å². The molecule has 6 heteroatoms. The first-order valence-corrected chi connectivity index (χ1v) is 7.89. The summed E-state index contributed by atoms with van der Waals surface area (Å²) in [5.41, 5.74) is 7.38. The van der Waals surface area contributed by atoms with E-state index in [2.05, 4.69) is 4.98 Å². The van der Waals surface area contributed by atoms with Gasteiger partial charge >= 0.3 is 0 Å². The predicted octanol–water partition coefficient (Wildman–Crippen LogP) is 2.66. The van der Waals surface area contributed by atoms with E-state index < -0.39 is 10.8 Å². The van der Waals surface area contributed by atoms with Gasteiger partial charge in [-0.15, -0.1) is 11.3 Å². The van der Waals surface area contributed by atoms with Crippen molar-refractivity contribution in [3.63, 3.8) is 0 Å². The Labute approximate surface area is 119 Å². The third-order valence-electron chi connectivity index (χ3n) is 2.79. The third-order valence-corrected chi connectivity index (χ3v) is 5.43. The SMILES string of the molecule is COc1ccc(N)c(S(=O)Cc2nc(C)c(C)s2)c1. The van der Waals surface area contributed by atoms with E-state index in [0.29, 0.717) is 22.1 Å². The number of aromatic nitrogens is 1. The van der Waals surface area contributed by atoms with Crippen LogP contribution in [0.15, 0.2) is 23.1 Å². The fourth-order valence-corrected chi connectivity index (χ4v) is 3.94. The van der Waals surface area contributed by atoms with E-state index >= 15 is 0 Å². The largest absolute Gasteiger partial charge is 0.497 e. The molecule has 0 aliphatic carbocycles. The molecule has 2 rings (SSSR count). The van der Waals surface area contributed by atoms with Gasteiger partial charge < -0.3 is 10.5 Å². The van der Waals surface area contributed by atoms with Crippen LogP contribution in [0, 0.1) is 13.8 Å². The van der Waals surface area contributed by atoms with E-state index in [0.717, 1.165) is 15.6 Å². The number of hydrogen-bond acceptors (Lipinski definition) is 5. The summed E-state index contributed by atoms with van der Waals surface area (Å²) >= 11 is 1.58. The fourth-order valence-electron chi connectivity index (χ4n) is 1.63. The van der Waals surface area contributed by atoms with Crippen molar-refractivity contribution in [2.75, 3.05) is 12.8 Å². The number of aryl methyl sites for hydroxylation is 2. The maximum atomic E-state index is 12.4. The highest BCUT2D eigenvalue weighted by Crippen LogP contribution is 2.26. The van der Waals surface area contributed by atoms with Crippen molar-refractivity contribution in [2.24, 2.45) is 0 Å². The maximum absolute atomic E-state index is 12.4. The first-order chi connectivity index (χ1) is 9.01. The molecule has 1 aromatic heterocycles. The average molecular weight is 296 g/mol. The Kier molecular flexibility index (Phi) is 4.21. The lowest BCUT2D eigenvalue weighted by atomic mass is 10.3. The molecule has 0 radical (unpaired) electrons. The van der Waals surface area contributed by atoms with Crippen LogP contribution < -0.4 is 10.5 Å². The highest BCUT2D eigenvalue weighted by molar-refractivity contribution is 7.84. The number of ether oxygens (including phenoxy) is 1. The van der Waals surface area contributed by atoms with E-state index in [1.54, 1.807) is 36.6 Å². The van der Waals surface area contributed by atoms with Gasteiger partial charge in [-0.05, 0) is 32.0 Å². The van der Waals surface area contributed by atoms with Crippen LogP contribution in [0.1, 0.15) is 15.6 Å². The third kappa shape index (κ3) is 3.13. The molecule has 0 fully saturated rings. The summed E-state index contributed by atoms with van der Waals surface area (Å²) < 4.78 is 17.5. The summed E-state index contributed by atoms with van der Waals surface area (Å²) in [5, 5.41) is 0.871. The standard InChI is InChI=1S/C13H16N2O2S2/c1-8-9(2)18-13(15-8)7-19(16)12-6-10(17-3)4-5-11(12)14/h4-6H,7,14H2,1-3H3. The van der Waals surface area contributed by atoms with Crippen molar-refractivity contribution >= 4 is 27.8 Å². The number of hydrogen-bond donors (Lipinski definition) is 1. The van der Waals surface area contributed by atoms with E-state index in [-0.39, 0.29) is 0 Å². The Morgan fingerprint density at radius 3 is 2.74 bits per heavy atom. The molecule has 0 saturated carbocycles. The zero-order valence-corrected chi connectivity index (χ0v) is 12.7. The number of anilines is 1. The summed E-state index contributed by atoms with van der Waals surface area (Å²) in [7, 11) is 0.365. The van der Waals surface area contributed by atoms with E-state index in [4.69, 9.17) is 10.5 Å². The lowest BCUT2D eigenvalue weighted by molar-refractivity contribution is 0.413. The molecule has 19 heavy (non-hydrogen) atoms. The molecule has 0 spiro atoms. The first kappa shape index (κ1) is 14.0. The number of benzene rings is 1. The predicted molar refractivity (Wildman–Crippen MR) is 79.1 cm³/mol. The Morgan fingerprint density at radius 1 is 1.42 bits per heavy atom. The van der Waals surface area contributed by atoms with Gasteiger partial charge in [-0.2, -0.15) is 0 Å².